The number of rotatable bonds is 4. The molecular formula is C31H32O3S. The van der Waals surface area contributed by atoms with E-state index in [9.17, 15) is 9.90 Å². The molecule has 4 aromatic carbocycles. The highest BCUT2D eigenvalue weighted by molar-refractivity contribution is 8.13. The van der Waals surface area contributed by atoms with Crippen molar-refractivity contribution in [3.8, 4) is 16.9 Å². The molecule has 3 nitrogen and oxygen atoms in total. The van der Waals surface area contributed by atoms with Crippen LogP contribution in [0.1, 0.15) is 40.0 Å². The molecule has 0 aliphatic heterocycles. The summed E-state index contributed by atoms with van der Waals surface area (Å²) in [5.41, 5.74) is 1.62. The predicted octanol–water partition coefficient (Wildman–Crippen LogP) is 9.06. The van der Waals surface area contributed by atoms with Gasteiger partial charge in [0.15, 0.2) is 0 Å². The van der Waals surface area contributed by atoms with Crippen molar-refractivity contribution >= 4 is 38.6 Å². The van der Waals surface area contributed by atoms with Crippen LogP contribution in [0.25, 0.3) is 32.7 Å². The lowest BCUT2D eigenvalue weighted by Gasteiger charge is -2.36. The molecule has 5 rings (SSSR count). The number of phenols is 1. The fraction of sp³-hybridized carbons (Fsp3) is 0.323. The number of fused-ring (bicyclic) bond motifs is 2. The molecule has 0 saturated heterocycles. The Morgan fingerprint density at radius 1 is 0.886 bits per heavy atom. The van der Waals surface area contributed by atoms with Crippen LogP contribution in [0.15, 0.2) is 77.7 Å². The minimum Gasteiger partial charge on any atom is -0.507 e. The summed E-state index contributed by atoms with van der Waals surface area (Å²) in [5.74, 6) is 1.65. The van der Waals surface area contributed by atoms with Crippen LogP contribution >= 0.6 is 11.8 Å². The molecule has 0 spiro atoms. The summed E-state index contributed by atoms with van der Waals surface area (Å²) >= 11 is 1.13. The standard InChI is InChI=1S/C31H32O3S/c1-19(2)23-15-12-20(3)18-27(23)34-31(33)35-28-17-14-22-9-5-7-11-25(22)30(28)29-24-10-6-4-8-21(24)13-16-26(29)32/h4-11,13-14,16-17,19-20,23,27,32H,12,15,18H2,1-3H3/t20-,23+,27-/m1/s1. The Kier molecular flexibility index (Phi) is 6.75. The third kappa shape index (κ3) is 4.77. The van der Waals surface area contributed by atoms with E-state index >= 15 is 0 Å². The van der Waals surface area contributed by atoms with Crippen LogP contribution in [0.4, 0.5) is 4.79 Å². The van der Waals surface area contributed by atoms with Crippen LogP contribution in [0, 0.1) is 17.8 Å². The first kappa shape index (κ1) is 23.7. The number of aromatic hydroxyl groups is 1. The summed E-state index contributed by atoms with van der Waals surface area (Å²) in [6.07, 6.45) is 3.17. The minimum absolute atomic E-state index is 0.0476. The second-order valence-electron chi connectivity index (χ2n) is 10.2. The zero-order valence-corrected chi connectivity index (χ0v) is 21.3. The highest BCUT2D eigenvalue weighted by Gasteiger charge is 2.34. The van der Waals surface area contributed by atoms with E-state index in [1.807, 2.05) is 54.6 Å². The van der Waals surface area contributed by atoms with Gasteiger partial charge < -0.3 is 9.84 Å². The number of carbonyl (C=O) groups is 1. The van der Waals surface area contributed by atoms with E-state index in [2.05, 4.69) is 32.9 Å². The van der Waals surface area contributed by atoms with Gasteiger partial charge in [-0.15, -0.1) is 0 Å². The Morgan fingerprint density at radius 3 is 2.20 bits per heavy atom. The molecule has 1 saturated carbocycles. The number of benzene rings is 4. The molecule has 4 aromatic rings. The molecule has 1 fully saturated rings. The average molecular weight is 485 g/mol. The number of hydrogen-bond donors (Lipinski definition) is 1. The van der Waals surface area contributed by atoms with Crippen LogP contribution < -0.4 is 0 Å². The maximum Gasteiger partial charge on any atom is 0.372 e. The number of ether oxygens (including phenoxy) is 1. The SMILES string of the molecule is CC(C)[C@@H]1CC[C@@H](C)C[C@H]1OC(=O)Sc1ccc2ccccc2c1-c1c(O)ccc2ccccc12. The van der Waals surface area contributed by atoms with E-state index in [1.54, 1.807) is 6.07 Å². The van der Waals surface area contributed by atoms with E-state index in [1.165, 1.54) is 6.42 Å². The van der Waals surface area contributed by atoms with Gasteiger partial charge in [0.1, 0.15) is 11.9 Å². The van der Waals surface area contributed by atoms with Crippen molar-refractivity contribution in [1.29, 1.82) is 0 Å². The summed E-state index contributed by atoms with van der Waals surface area (Å²) in [6.45, 7) is 6.69. The van der Waals surface area contributed by atoms with Crippen molar-refractivity contribution < 1.29 is 14.6 Å². The maximum atomic E-state index is 13.3. The second kappa shape index (κ2) is 9.94. The molecule has 0 radical (unpaired) electrons. The zero-order chi connectivity index (χ0) is 24.5. The molecule has 1 aliphatic carbocycles. The van der Waals surface area contributed by atoms with E-state index in [-0.39, 0.29) is 17.2 Å². The first-order valence-electron chi connectivity index (χ1n) is 12.5. The highest BCUT2D eigenvalue weighted by atomic mass is 32.2. The molecule has 1 N–H and O–H groups in total. The Morgan fingerprint density at radius 2 is 1.51 bits per heavy atom. The molecule has 0 amide bonds. The third-order valence-electron chi connectivity index (χ3n) is 7.45. The van der Waals surface area contributed by atoms with Crippen molar-refractivity contribution in [2.45, 2.75) is 51.0 Å². The van der Waals surface area contributed by atoms with Gasteiger partial charge in [-0.1, -0.05) is 87.9 Å². The van der Waals surface area contributed by atoms with Crippen molar-refractivity contribution in [3.05, 3.63) is 72.8 Å². The lowest BCUT2D eigenvalue weighted by molar-refractivity contribution is 0.0186. The second-order valence-corrected chi connectivity index (χ2v) is 11.2. The van der Waals surface area contributed by atoms with Gasteiger partial charge in [-0.25, -0.2) is 4.79 Å². The smallest absolute Gasteiger partial charge is 0.372 e. The third-order valence-corrected chi connectivity index (χ3v) is 8.27. The molecule has 1 aliphatic rings. The molecule has 35 heavy (non-hydrogen) atoms. The number of phenolic OH excluding ortho intramolecular Hbond substituents is 1. The van der Waals surface area contributed by atoms with Crippen molar-refractivity contribution in [1.82, 2.24) is 0 Å². The number of carbonyl (C=O) groups excluding carboxylic acids is 1. The Balaban J connectivity index is 1.57. The van der Waals surface area contributed by atoms with Crippen LogP contribution in [0.3, 0.4) is 0 Å². The first-order valence-corrected chi connectivity index (χ1v) is 13.4. The molecule has 180 valence electrons. The first-order chi connectivity index (χ1) is 16.9. The molecule has 0 unspecified atom stereocenters. The summed E-state index contributed by atoms with van der Waals surface area (Å²) in [5, 5.41) is 14.8. The Bertz CT molecular complexity index is 1380. The summed E-state index contributed by atoms with van der Waals surface area (Å²) in [7, 11) is 0. The zero-order valence-electron chi connectivity index (χ0n) is 20.5. The summed E-state index contributed by atoms with van der Waals surface area (Å²) in [4.78, 5) is 14.1. The molecule has 0 heterocycles. The van der Waals surface area contributed by atoms with E-state index < -0.39 is 0 Å². The number of hydrogen-bond acceptors (Lipinski definition) is 4. The summed E-state index contributed by atoms with van der Waals surface area (Å²) in [6, 6.07) is 23.8. The van der Waals surface area contributed by atoms with Crippen LogP contribution in [0.2, 0.25) is 0 Å². The molecule has 0 aromatic heterocycles. The highest BCUT2D eigenvalue weighted by Crippen LogP contribution is 2.45. The van der Waals surface area contributed by atoms with Crippen molar-refractivity contribution in [2.24, 2.45) is 17.8 Å². The van der Waals surface area contributed by atoms with Gasteiger partial charge in [-0.05, 0) is 76.0 Å². The van der Waals surface area contributed by atoms with Gasteiger partial charge in [0.25, 0.3) is 0 Å². The average Bonchev–Trinajstić information content (AvgIpc) is 2.84. The van der Waals surface area contributed by atoms with Gasteiger partial charge in [-0.2, -0.15) is 0 Å². The monoisotopic (exact) mass is 484 g/mol. The Labute approximate surface area is 211 Å². The van der Waals surface area contributed by atoms with Gasteiger partial charge in [0.2, 0.25) is 0 Å². The summed E-state index contributed by atoms with van der Waals surface area (Å²) < 4.78 is 6.12. The quantitative estimate of drug-likeness (QED) is 0.232. The maximum absolute atomic E-state index is 13.3. The predicted molar refractivity (Wildman–Crippen MR) is 146 cm³/mol. The minimum atomic E-state index is -0.272. The normalized spacial score (nSPS) is 20.4. The largest absolute Gasteiger partial charge is 0.507 e. The van der Waals surface area contributed by atoms with Gasteiger partial charge in [0, 0.05) is 16.0 Å². The lowest BCUT2D eigenvalue weighted by Crippen LogP contribution is -2.35. The van der Waals surface area contributed by atoms with Crippen LogP contribution in [0.5, 0.6) is 5.75 Å². The molecular weight excluding hydrogens is 452 g/mol. The topological polar surface area (TPSA) is 46.5 Å². The van der Waals surface area contributed by atoms with Gasteiger partial charge in [-0.3, -0.25) is 0 Å². The van der Waals surface area contributed by atoms with E-state index in [0.717, 1.165) is 62.2 Å². The molecule has 3 atom stereocenters. The van der Waals surface area contributed by atoms with Crippen LogP contribution in [-0.4, -0.2) is 16.5 Å². The van der Waals surface area contributed by atoms with Gasteiger partial charge >= 0.3 is 5.30 Å². The van der Waals surface area contributed by atoms with Crippen molar-refractivity contribution in [2.75, 3.05) is 0 Å². The lowest BCUT2D eigenvalue weighted by atomic mass is 9.75. The fourth-order valence-corrected chi connectivity index (χ4v) is 6.41. The Hall–Kier alpha value is -2.98. The van der Waals surface area contributed by atoms with Gasteiger partial charge in [0.05, 0.1) is 0 Å². The van der Waals surface area contributed by atoms with E-state index in [0.29, 0.717) is 17.8 Å². The fourth-order valence-electron chi connectivity index (χ4n) is 5.60. The number of thioether (sulfide) groups is 1. The molecule has 0 bridgehead atoms. The van der Waals surface area contributed by atoms with E-state index in [4.69, 9.17) is 4.74 Å². The molecule has 4 heteroatoms. The van der Waals surface area contributed by atoms with Crippen molar-refractivity contribution in [3.63, 3.8) is 0 Å². The van der Waals surface area contributed by atoms with Crippen LogP contribution in [-0.2, 0) is 4.74 Å².